The highest BCUT2D eigenvalue weighted by Crippen LogP contribution is 2.42. The minimum absolute atomic E-state index is 0.128. The summed E-state index contributed by atoms with van der Waals surface area (Å²) in [5, 5.41) is 3.27. The molecule has 232 valence electrons. The Labute approximate surface area is 252 Å². The molecule has 2 aromatic rings. The van der Waals surface area contributed by atoms with Gasteiger partial charge in [0.2, 0.25) is 0 Å². The van der Waals surface area contributed by atoms with E-state index in [4.69, 9.17) is 14.5 Å². The second-order valence-corrected chi connectivity index (χ2v) is 15.5. The number of halogens is 1. The quantitative estimate of drug-likeness (QED) is 0.321. The molecule has 1 amide bonds. The van der Waals surface area contributed by atoms with Gasteiger partial charge in [-0.05, 0) is 96.6 Å². The molecule has 0 spiro atoms. The van der Waals surface area contributed by atoms with E-state index in [2.05, 4.69) is 10.0 Å². The van der Waals surface area contributed by atoms with E-state index in [1.54, 1.807) is 30.3 Å². The zero-order valence-corrected chi connectivity index (χ0v) is 26.9. The second kappa shape index (κ2) is 13.0. The summed E-state index contributed by atoms with van der Waals surface area (Å²) < 4.78 is 43.1. The van der Waals surface area contributed by atoms with Crippen molar-refractivity contribution in [1.82, 2.24) is 14.6 Å². The molecule has 1 aromatic heterocycles. The Morgan fingerprint density at radius 1 is 1.14 bits per heavy atom. The van der Waals surface area contributed by atoms with E-state index < -0.39 is 38.8 Å². The summed E-state index contributed by atoms with van der Waals surface area (Å²) in [4.78, 5) is 19.3. The average Bonchev–Trinajstić information content (AvgIpc) is 3.66. The minimum atomic E-state index is -1.42. The van der Waals surface area contributed by atoms with Crippen molar-refractivity contribution in [2.75, 3.05) is 25.5 Å². The number of benzene rings is 1. The molecule has 1 saturated heterocycles. The topological polar surface area (TPSA) is 92.8 Å². The van der Waals surface area contributed by atoms with Gasteiger partial charge in [0.25, 0.3) is 0 Å². The highest BCUT2D eigenvalue weighted by molar-refractivity contribution is 7.84. The summed E-state index contributed by atoms with van der Waals surface area (Å²) in [7, 11) is 0.210. The normalized spacial score (nSPS) is 21.6. The van der Waals surface area contributed by atoms with Crippen LogP contribution in [0.3, 0.4) is 0 Å². The van der Waals surface area contributed by atoms with Crippen molar-refractivity contribution in [3.8, 4) is 0 Å². The number of likely N-dealkylation sites (tertiary alicyclic amines) is 1. The molecule has 2 aliphatic rings. The maximum atomic E-state index is 15.3. The lowest BCUT2D eigenvalue weighted by atomic mass is 9.82. The number of methoxy groups -OCH3 is 1. The molecule has 0 bridgehead atoms. The van der Waals surface area contributed by atoms with Gasteiger partial charge in [0.15, 0.2) is 0 Å². The third-order valence-corrected chi connectivity index (χ3v) is 9.52. The maximum Gasteiger partial charge on any atom is 0.410 e. The van der Waals surface area contributed by atoms with Crippen LogP contribution in [0.4, 0.5) is 14.9 Å². The lowest BCUT2D eigenvalue weighted by molar-refractivity contribution is 0.0204. The number of hydrogen-bond donors (Lipinski definition) is 2. The van der Waals surface area contributed by atoms with Gasteiger partial charge in [-0.25, -0.2) is 18.1 Å². The van der Waals surface area contributed by atoms with E-state index >= 15 is 4.39 Å². The van der Waals surface area contributed by atoms with Gasteiger partial charge in [-0.1, -0.05) is 25.0 Å². The lowest BCUT2D eigenvalue weighted by Gasteiger charge is -2.37. The lowest BCUT2D eigenvalue weighted by Crippen LogP contribution is -2.49. The van der Waals surface area contributed by atoms with Crippen LogP contribution >= 0.6 is 0 Å². The fourth-order valence-corrected chi connectivity index (χ4v) is 6.22. The molecule has 1 saturated carbocycles. The van der Waals surface area contributed by atoms with Crippen molar-refractivity contribution in [3.63, 3.8) is 0 Å². The number of ether oxygens (including phenoxy) is 2. The van der Waals surface area contributed by atoms with Gasteiger partial charge < -0.3 is 19.7 Å². The molecule has 2 fully saturated rings. The molecule has 8 nitrogen and oxygen atoms in total. The van der Waals surface area contributed by atoms with Crippen LogP contribution in [0.1, 0.15) is 84.9 Å². The molecule has 10 heteroatoms. The van der Waals surface area contributed by atoms with E-state index in [0.29, 0.717) is 37.5 Å². The number of amides is 1. The highest BCUT2D eigenvalue weighted by atomic mass is 32.2. The number of nitrogens with zero attached hydrogens (tertiary/aromatic N) is 2. The first-order valence-corrected chi connectivity index (χ1v) is 16.0. The number of hydrogen-bond acceptors (Lipinski definition) is 6. The Morgan fingerprint density at radius 2 is 1.88 bits per heavy atom. The van der Waals surface area contributed by atoms with Gasteiger partial charge in [-0.15, -0.1) is 0 Å². The van der Waals surface area contributed by atoms with Crippen molar-refractivity contribution in [2.45, 2.75) is 102 Å². The Morgan fingerprint density at radius 3 is 2.48 bits per heavy atom. The van der Waals surface area contributed by atoms with Crippen LogP contribution in [-0.4, -0.2) is 62.9 Å². The van der Waals surface area contributed by atoms with Crippen LogP contribution in [0.5, 0.6) is 0 Å². The number of rotatable bonds is 11. The van der Waals surface area contributed by atoms with Gasteiger partial charge in [0, 0.05) is 19.9 Å². The van der Waals surface area contributed by atoms with Crippen LogP contribution in [0.15, 0.2) is 42.6 Å². The van der Waals surface area contributed by atoms with Gasteiger partial charge in [0.1, 0.15) is 11.4 Å². The molecule has 1 aliphatic carbocycles. The summed E-state index contributed by atoms with van der Waals surface area (Å²) in [6, 6.07) is 10.5. The molecule has 4 rings (SSSR count). The summed E-state index contributed by atoms with van der Waals surface area (Å²) in [6.45, 7) is 12.0. The van der Waals surface area contributed by atoms with Crippen molar-refractivity contribution in [2.24, 2.45) is 5.92 Å². The highest BCUT2D eigenvalue weighted by Gasteiger charge is 2.42. The minimum Gasteiger partial charge on any atom is -0.444 e. The number of anilines is 1. The molecule has 42 heavy (non-hydrogen) atoms. The Bertz CT molecular complexity index is 1250. The summed E-state index contributed by atoms with van der Waals surface area (Å²) in [5.41, 5.74) is 0.330. The van der Waals surface area contributed by atoms with Crippen molar-refractivity contribution < 1.29 is 22.9 Å². The van der Waals surface area contributed by atoms with Gasteiger partial charge in [0.05, 0.1) is 51.3 Å². The van der Waals surface area contributed by atoms with E-state index in [1.165, 1.54) is 18.9 Å². The molecule has 1 aromatic carbocycles. The largest absolute Gasteiger partial charge is 0.444 e. The zero-order valence-electron chi connectivity index (χ0n) is 26.0. The van der Waals surface area contributed by atoms with Gasteiger partial charge >= 0.3 is 6.09 Å². The fourth-order valence-electron chi connectivity index (χ4n) is 5.27. The van der Waals surface area contributed by atoms with E-state index in [0.717, 1.165) is 17.7 Å². The SMILES string of the molecule is CO[C@@H]1C[C@H](CNc2cc(C(CCC3CC3)(N[S@@](=O)C(C)(C)C)c3ccccn3)ccc2F)N(C(=O)OC(C)(C)C)C1. The van der Waals surface area contributed by atoms with Crippen molar-refractivity contribution >= 4 is 22.8 Å². The zero-order chi connectivity index (χ0) is 30.7. The van der Waals surface area contributed by atoms with Gasteiger partial charge in [-0.2, -0.15) is 0 Å². The smallest absolute Gasteiger partial charge is 0.410 e. The van der Waals surface area contributed by atoms with Crippen molar-refractivity contribution in [1.29, 1.82) is 0 Å². The first-order valence-electron chi connectivity index (χ1n) is 14.9. The van der Waals surface area contributed by atoms with Gasteiger partial charge in [-0.3, -0.25) is 4.98 Å². The second-order valence-electron chi connectivity index (χ2n) is 13.5. The molecule has 1 aliphatic heterocycles. The summed E-state index contributed by atoms with van der Waals surface area (Å²) in [5.74, 6) is 0.226. The standard InChI is InChI=1S/C32H47FN4O4S/c1-30(2,3)41-29(38)37-21-25(40-7)19-24(37)20-35-27-18-23(13-14-26(27)33)32(16-15-22-11-12-22,28-10-8-9-17-34-28)36-42(39)31(4,5)6/h8-10,13-14,17-18,22,24-25,35-36H,11-12,15-16,19-21H2,1-7H3/t24-,25-,32?,42+/m1/s1. The molecule has 2 N–H and O–H groups in total. The predicted molar refractivity (Wildman–Crippen MR) is 165 cm³/mol. The van der Waals surface area contributed by atoms with E-state index in [1.807, 2.05) is 59.7 Å². The Kier molecular flexibility index (Phi) is 10.00. The van der Waals surface area contributed by atoms with E-state index in [9.17, 15) is 9.00 Å². The van der Waals surface area contributed by atoms with Crippen LogP contribution in [0.25, 0.3) is 0 Å². The summed E-state index contributed by atoms with van der Waals surface area (Å²) >= 11 is 0. The predicted octanol–water partition coefficient (Wildman–Crippen LogP) is 6.14. The van der Waals surface area contributed by atoms with E-state index in [-0.39, 0.29) is 12.1 Å². The average molecular weight is 603 g/mol. The number of aromatic nitrogens is 1. The number of pyridine rings is 1. The molecule has 0 radical (unpaired) electrons. The van der Waals surface area contributed by atoms with Crippen LogP contribution < -0.4 is 10.0 Å². The Hall–Kier alpha value is -2.56. The molecule has 4 atom stereocenters. The van der Waals surface area contributed by atoms with Crippen molar-refractivity contribution in [3.05, 3.63) is 59.7 Å². The monoisotopic (exact) mass is 602 g/mol. The molecular weight excluding hydrogens is 555 g/mol. The third kappa shape index (κ3) is 8.08. The molecular formula is C32H47FN4O4S. The first kappa shape index (κ1) is 32.4. The fraction of sp³-hybridized carbons (Fsp3) is 0.625. The van der Waals surface area contributed by atoms with Crippen LogP contribution in [0, 0.1) is 11.7 Å². The molecule has 2 heterocycles. The number of carbonyl (C=O) groups excluding carboxylic acids is 1. The maximum absolute atomic E-state index is 15.3. The number of nitrogens with one attached hydrogen (secondary N) is 2. The molecule has 1 unspecified atom stereocenters. The summed E-state index contributed by atoms with van der Waals surface area (Å²) in [6.07, 6.45) is 5.80. The number of carbonyl (C=O) groups is 1. The van der Waals surface area contributed by atoms with Crippen LogP contribution in [0.2, 0.25) is 0 Å². The van der Waals surface area contributed by atoms with Crippen LogP contribution in [-0.2, 0) is 26.0 Å². The Balaban J connectivity index is 1.66. The first-order chi connectivity index (χ1) is 19.7. The third-order valence-electron chi connectivity index (χ3n) is 7.87.